The van der Waals surface area contributed by atoms with Crippen molar-refractivity contribution in [2.75, 3.05) is 33.9 Å². The van der Waals surface area contributed by atoms with Crippen molar-refractivity contribution in [1.82, 2.24) is 4.90 Å². The van der Waals surface area contributed by atoms with Crippen molar-refractivity contribution in [1.29, 1.82) is 0 Å². The Morgan fingerprint density at radius 2 is 2.00 bits per heavy atom. The highest BCUT2D eigenvalue weighted by Crippen LogP contribution is 2.37. The molecule has 88 valence electrons. The number of methoxy groups -OCH3 is 2. The van der Waals surface area contributed by atoms with Crippen molar-refractivity contribution in [3.05, 3.63) is 0 Å². The summed E-state index contributed by atoms with van der Waals surface area (Å²) in [5, 5.41) is 9.78. The summed E-state index contributed by atoms with van der Waals surface area (Å²) in [6.45, 7) is 2.90. The lowest BCUT2D eigenvalue weighted by atomic mass is 10.00. The third-order valence-corrected chi connectivity index (χ3v) is 3.83. The Hall–Kier alpha value is -0.160. The lowest BCUT2D eigenvalue weighted by Crippen LogP contribution is -2.34. The van der Waals surface area contributed by atoms with Gasteiger partial charge in [-0.1, -0.05) is 0 Å². The Kier molecular flexibility index (Phi) is 3.61. The number of fused-ring (bicyclic) bond motifs is 1. The molecule has 3 unspecified atom stereocenters. The van der Waals surface area contributed by atoms with E-state index in [0.717, 1.165) is 26.1 Å². The molecule has 2 rings (SSSR count). The van der Waals surface area contributed by atoms with Gasteiger partial charge in [-0.15, -0.1) is 0 Å². The van der Waals surface area contributed by atoms with Crippen molar-refractivity contribution in [2.24, 2.45) is 11.8 Å². The zero-order valence-corrected chi connectivity index (χ0v) is 9.56. The largest absolute Gasteiger partial charge is 0.393 e. The maximum atomic E-state index is 9.78. The van der Waals surface area contributed by atoms with Gasteiger partial charge in [-0.05, 0) is 18.8 Å². The zero-order valence-electron chi connectivity index (χ0n) is 9.56. The van der Waals surface area contributed by atoms with Crippen molar-refractivity contribution in [3.63, 3.8) is 0 Å². The summed E-state index contributed by atoms with van der Waals surface area (Å²) < 4.78 is 10.4. The molecule has 1 aliphatic heterocycles. The second-order valence-corrected chi connectivity index (χ2v) is 4.69. The number of aliphatic hydroxyl groups is 1. The third-order valence-electron chi connectivity index (χ3n) is 3.83. The minimum absolute atomic E-state index is 0.0801. The highest BCUT2D eigenvalue weighted by molar-refractivity contribution is 4.93. The number of aliphatic hydroxyl groups excluding tert-OH is 1. The molecule has 1 saturated carbocycles. The van der Waals surface area contributed by atoms with Gasteiger partial charge in [0.1, 0.15) is 0 Å². The predicted molar refractivity (Wildman–Crippen MR) is 56.5 cm³/mol. The van der Waals surface area contributed by atoms with Gasteiger partial charge in [-0.3, -0.25) is 4.90 Å². The van der Waals surface area contributed by atoms with E-state index >= 15 is 0 Å². The van der Waals surface area contributed by atoms with Gasteiger partial charge in [0.25, 0.3) is 0 Å². The molecule has 0 radical (unpaired) electrons. The molecule has 4 heteroatoms. The van der Waals surface area contributed by atoms with Gasteiger partial charge in [0.05, 0.1) is 6.10 Å². The van der Waals surface area contributed by atoms with Crippen LogP contribution in [0.1, 0.15) is 12.8 Å². The molecule has 0 spiro atoms. The maximum Gasteiger partial charge on any atom is 0.169 e. The highest BCUT2D eigenvalue weighted by atomic mass is 16.7. The molecule has 1 heterocycles. The average Bonchev–Trinajstić information content (AvgIpc) is 2.78. The van der Waals surface area contributed by atoms with E-state index in [-0.39, 0.29) is 12.4 Å². The van der Waals surface area contributed by atoms with Crippen molar-refractivity contribution >= 4 is 0 Å². The SMILES string of the molecule is COC(CN1CC2CCC(O)C2C1)OC. The number of likely N-dealkylation sites (tertiary alicyclic amines) is 1. The summed E-state index contributed by atoms with van der Waals surface area (Å²) in [6, 6.07) is 0. The zero-order chi connectivity index (χ0) is 10.8. The summed E-state index contributed by atoms with van der Waals surface area (Å²) >= 11 is 0. The van der Waals surface area contributed by atoms with E-state index in [9.17, 15) is 5.11 Å². The Morgan fingerprint density at radius 1 is 1.27 bits per heavy atom. The van der Waals surface area contributed by atoms with E-state index in [4.69, 9.17) is 9.47 Å². The number of hydrogen-bond acceptors (Lipinski definition) is 4. The summed E-state index contributed by atoms with van der Waals surface area (Å²) in [6.07, 6.45) is 1.94. The van der Waals surface area contributed by atoms with Gasteiger partial charge in [0, 0.05) is 39.8 Å². The Morgan fingerprint density at radius 3 is 2.60 bits per heavy atom. The van der Waals surface area contributed by atoms with Gasteiger partial charge in [0.2, 0.25) is 0 Å². The predicted octanol–water partition coefficient (Wildman–Crippen LogP) is 0.308. The molecule has 0 amide bonds. The average molecular weight is 215 g/mol. The maximum absolute atomic E-state index is 9.78. The standard InChI is InChI=1S/C11H21NO3/c1-14-11(15-2)7-12-5-8-3-4-10(13)9(8)6-12/h8-11,13H,3-7H2,1-2H3. The van der Waals surface area contributed by atoms with E-state index in [2.05, 4.69) is 4.90 Å². The summed E-state index contributed by atoms with van der Waals surface area (Å²) in [4.78, 5) is 2.34. The first-order valence-corrected chi connectivity index (χ1v) is 5.70. The van der Waals surface area contributed by atoms with Crippen LogP contribution in [-0.2, 0) is 9.47 Å². The molecule has 0 aromatic heterocycles. The van der Waals surface area contributed by atoms with Crippen LogP contribution in [0.2, 0.25) is 0 Å². The quantitative estimate of drug-likeness (QED) is 0.685. The Labute approximate surface area is 91.2 Å². The minimum atomic E-state index is -0.138. The van der Waals surface area contributed by atoms with Gasteiger partial charge in [-0.2, -0.15) is 0 Å². The first kappa shape index (κ1) is 11.3. The van der Waals surface area contributed by atoms with E-state index in [1.807, 2.05) is 0 Å². The monoisotopic (exact) mass is 215 g/mol. The Balaban J connectivity index is 1.83. The lowest BCUT2D eigenvalue weighted by Gasteiger charge is -2.22. The van der Waals surface area contributed by atoms with Crippen LogP contribution in [0.25, 0.3) is 0 Å². The van der Waals surface area contributed by atoms with E-state index < -0.39 is 0 Å². The first-order chi connectivity index (χ1) is 7.24. The molecule has 1 N–H and O–H groups in total. The molecule has 0 aromatic carbocycles. The minimum Gasteiger partial charge on any atom is -0.393 e. The fourth-order valence-corrected chi connectivity index (χ4v) is 2.93. The molecule has 3 atom stereocenters. The molecule has 0 bridgehead atoms. The number of hydrogen-bond donors (Lipinski definition) is 1. The van der Waals surface area contributed by atoms with Crippen molar-refractivity contribution in [2.45, 2.75) is 25.2 Å². The second kappa shape index (κ2) is 4.78. The van der Waals surface area contributed by atoms with E-state index in [1.165, 1.54) is 6.42 Å². The first-order valence-electron chi connectivity index (χ1n) is 5.70. The second-order valence-electron chi connectivity index (χ2n) is 4.69. The van der Waals surface area contributed by atoms with Gasteiger partial charge < -0.3 is 14.6 Å². The van der Waals surface area contributed by atoms with Crippen LogP contribution in [0.3, 0.4) is 0 Å². The third kappa shape index (κ3) is 2.33. The van der Waals surface area contributed by atoms with Crippen molar-refractivity contribution < 1.29 is 14.6 Å². The fourth-order valence-electron chi connectivity index (χ4n) is 2.93. The van der Waals surface area contributed by atoms with Crippen molar-refractivity contribution in [3.8, 4) is 0 Å². The van der Waals surface area contributed by atoms with Gasteiger partial charge in [0.15, 0.2) is 6.29 Å². The molecule has 0 aromatic rings. The summed E-state index contributed by atoms with van der Waals surface area (Å²) in [5.41, 5.74) is 0. The molecule has 4 nitrogen and oxygen atoms in total. The molecule has 2 fully saturated rings. The number of ether oxygens (including phenoxy) is 2. The summed E-state index contributed by atoms with van der Waals surface area (Å²) in [5.74, 6) is 1.17. The smallest absolute Gasteiger partial charge is 0.169 e. The molecule has 15 heavy (non-hydrogen) atoms. The number of nitrogens with zero attached hydrogens (tertiary/aromatic N) is 1. The van der Waals surface area contributed by atoms with Crippen LogP contribution in [0, 0.1) is 11.8 Å². The van der Waals surface area contributed by atoms with Crippen LogP contribution in [-0.4, -0.2) is 56.3 Å². The fraction of sp³-hybridized carbons (Fsp3) is 1.00. The highest BCUT2D eigenvalue weighted by Gasteiger charge is 2.42. The summed E-state index contributed by atoms with van der Waals surface area (Å²) in [7, 11) is 3.33. The van der Waals surface area contributed by atoms with Crippen LogP contribution in [0.4, 0.5) is 0 Å². The van der Waals surface area contributed by atoms with E-state index in [0.29, 0.717) is 11.8 Å². The number of rotatable bonds is 4. The molecular weight excluding hydrogens is 194 g/mol. The van der Waals surface area contributed by atoms with Crippen LogP contribution >= 0.6 is 0 Å². The van der Waals surface area contributed by atoms with Crippen LogP contribution in [0.15, 0.2) is 0 Å². The molecular formula is C11H21NO3. The van der Waals surface area contributed by atoms with E-state index in [1.54, 1.807) is 14.2 Å². The van der Waals surface area contributed by atoms with Gasteiger partial charge in [-0.25, -0.2) is 0 Å². The van der Waals surface area contributed by atoms with Crippen LogP contribution in [0.5, 0.6) is 0 Å². The van der Waals surface area contributed by atoms with Crippen LogP contribution < -0.4 is 0 Å². The molecule has 1 aliphatic carbocycles. The normalized spacial score (nSPS) is 36.4. The molecule has 2 aliphatic rings. The topological polar surface area (TPSA) is 41.9 Å². The van der Waals surface area contributed by atoms with Gasteiger partial charge >= 0.3 is 0 Å². The lowest BCUT2D eigenvalue weighted by molar-refractivity contribution is -0.115. The Bertz CT molecular complexity index is 206. The molecule has 1 saturated heterocycles.